The number of hydrogen-bond acceptors (Lipinski definition) is 2. The fraction of sp³-hybridized carbons (Fsp3) is 0.500. The molecule has 0 aliphatic carbocycles. The number of carbonyl (C=O) groups is 1. The first kappa shape index (κ1) is 13.6. The van der Waals surface area contributed by atoms with Gasteiger partial charge in [0.15, 0.2) is 0 Å². The molecule has 0 spiro atoms. The molecule has 1 N–H and O–H groups in total. The third-order valence-electron chi connectivity index (χ3n) is 3.36. The zero-order valence-electron chi connectivity index (χ0n) is 11.0. The summed E-state index contributed by atoms with van der Waals surface area (Å²) < 4.78 is 0. The van der Waals surface area contributed by atoms with Crippen LogP contribution in [0.3, 0.4) is 0 Å². The molecule has 0 amide bonds. The van der Waals surface area contributed by atoms with Crippen LogP contribution in [0.15, 0.2) is 24.3 Å². The van der Waals surface area contributed by atoms with Gasteiger partial charge in [-0.25, -0.2) is 0 Å². The Morgan fingerprint density at radius 2 is 1.88 bits per heavy atom. The van der Waals surface area contributed by atoms with E-state index in [0.29, 0.717) is 13.0 Å². The molecule has 0 heterocycles. The summed E-state index contributed by atoms with van der Waals surface area (Å²) in [5.74, 6) is -0.737. The van der Waals surface area contributed by atoms with Gasteiger partial charge in [-0.3, -0.25) is 4.79 Å². The lowest BCUT2D eigenvalue weighted by atomic mass is 9.87. The van der Waals surface area contributed by atoms with Crippen LogP contribution in [0.2, 0.25) is 0 Å². The second-order valence-corrected chi connectivity index (χ2v) is 4.91. The Kier molecular flexibility index (Phi) is 4.16. The predicted molar refractivity (Wildman–Crippen MR) is 70.5 cm³/mol. The van der Waals surface area contributed by atoms with Crippen LogP contribution in [-0.4, -0.2) is 24.7 Å². The van der Waals surface area contributed by atoms with E-state index in [2.05, 4.69) is 0 Å². The van der Waals surface area contributed by atoms with E-state index in [1.807, 2.05) is 50.1 Å². The number of aliphatic carboxylic acids is 1. The molecule has 1 atom stereocenters. The summed E-state index contributed by atoms with van der Waals surface area (Å²) in [6.07, 6.45) is 0.624. The molecule has 3 heteroatoms. The molecule has 3 nitrogen and oxygen atoms in total. The highest BCUT2D eigenvalue weighted by molar-refractivity contribution is 5.75. The third kappa shape index (κ3) is 3.22. The van der Waals surface area contributed by atoms with Gasteiger partial charge in [-0.1, -0.05) is 24.6 Å². The Balaban J connectivity index is 2.81. The molecule has 0 saturated heterocycles. The molecule has 17 heavy (non-hydrogen) atoms. The van der Waals surface area contributed by atoms with E-state index in [-0.39, 0.29) is 0 Å². The largest absolute Gasteiger partial charge is 0.481 e. The molecule has 0 aliphatic heterocycles. The molecule has 0 aliphatic rings. The molecular formula is C14H21NO2. The Hall–Kier alpha value is -1.51. The molecule has 0 bridgehead atoms. The van der Waals surface area contributed by atoms with Gasteiger partial charge in [-0.05, 0) is 32.4 Å². The lowest BCUT2D eigenvalue weighted by Crippen LogP contribution is -2.39. The number of anilines is 1. The van der Waals surface area contributed by atoms with Crippen molar-refractivity contribution in [3.8, 4) is 0 Å². The maximum Gasteiger partial charge on any atom is 0.311 e. The van der Waals surface area contributed by atoms with Crippen LogP contribution < -0.4 is 4.90 Å². The first-order valence-corrected chi connectivity index (χ1v) is 5.90. The molecule has 1 rings (SSSR count). The Morgan fingerprint density at radius 1 is 1.35 bits per heavy atom. The van der Waals surface area contributed by atoms with Gasteiger partial charge in [-0.2, -0.15) is 0 Å². The van der Waals surface area contributed by atoms with Crippen molar-refractivity contribution in [2.45, 2.75) is 27.2 Å². The van der Waals surface area contributed by atoms with Gasteiger partial charge in [-0.15, -0.1) is 0 Å². The van der Waals surface area contributed by atoms with Crippen molar-refractivity contribution in [3.05, 3.63) is 29.8 Å². The second-order valence-electron chi connectivity index (χ2n) is 4.91. The van der Waals surface area contributed by atoms with Gasteiger partial charge in [0.1, 0.15) is 0 Å². The van der Waals surface area contributed by atoms with Gasteiger partial charge in [0.25, 0.3) is 0 Å². The summed E-state index contributed by atoms with van der Waals surface area (Å²) in [5.41, 5.74) is 1.56. The highest BCUT2D eigenvalue weighted by Crippen LogP contribution is 2.25. The number of carboxylic acid groups (broad SMARTS) is 1. The SMILES string of the molecule is CCC(C)(CN(C)c1ccc(C)cc1)C(=O)O. The van der Waals surface area contributed by atoms with E-state index >= 15 is 0 Å². The number of carboxylic acids is 1. The van der Waals surface area contributed by atoms with Gasteiger partial charge >= 0.3 is 5.97 Å². The summed E-state index contributed by atoms with van der Waals surface area (Å²) in [6.45, 7) is 6.26. The standard InChI is InChI=1S/C14H21NO2/c1-5-14(3,13(16)17)10-15(4)12-8-6-11(2)7-9-12/h6-9H,5,10H2,1-4H3,(H,16,17). The number of aryl methyl sites for hydroxylation is 1. The molecule has 0 saturated carbocycles. The van der Waals surface area contributed by atoms with Crippen LogP contribution in [0.5, 0.6) is 0 Å². The number of benzene rings is 1. The van der Waals surface area contributed by atoms with Crippen molar-refractivity contribution in [1.29, 1.82) is 0 Å². The molecule has 94 valence electrons. The van der Waals surface area contributed by atoms with Gasteiger partial charge in [0.2, 0.25) is 0 Å². The quantitative estimate of drug-likeness (QED) is 0.853. The third-order valence-corrected chi connectivity index (χ3v) is 3.36. The first-order valence-electron chi connectivity index (χ1n) is 5.90. The zero-order chi connectivity index (χ0) is 13.1. The molecule has 0 aromatic heterocycles. The zero-order valence-corrected chi connectivity index (χ0v) is 11.0. The van der Waals surface area contributed by atoms with E-state index in [1.165, 1.54) is 5.56 Å². The van der Waals surface area contributed by atoms with E-state index in [4.69, 9.17) is 0 Å². The van der Waals surface area contributed by atoms with Gasteiger partial charge in [0, 0.05) is 19.3 Å². The monoisotopic (exact) mass is 235 g/mol. The molecule has 0 radical (unpaired) electrons. The van der Waals surface area contributed by atoms with Crippen molar-refractivity contribution in [2.75, 3.05) is 18.5 Å². The normalized spacial score (nSPS) is 14.1. The maximum absolute atomic E-state index is 11.2. The summed E-state index contributed by atoms with van der Waals surface area (Å²) >= 11 is 0. The van der Waals surface area contributed by atoms with Crippen LogP contribution in [0.25, 0.3) is 0 Å². The van der Waals surface area contributed by atoms with E-state index in [1.54, 1.807) is 6.92 Å². The van der Waals surface area contributed by atoms with Gasteiger partial charge in [0.05, 0.1) is 5.41 Å². The molecule has 0 fully saturated rings. The Morgan fingerprint density at radius 3 is 2.29 bits per heavy atom. The molecule has 1 unspecified atom stereocenters. The molecule has 1 aromatic carbocycles. The van der Waals surface area contributed by atoms with Crippen molar-refractivity contribution in [2.24, 2.45) is 5.41 Å². The van der Waals surface area contributed by atoms with Crippen molar-refractivity contribution in [1.82, 2.24) is 0 Å². The summed E-state index contributed by atoms with van der Waals surface area (Å²) in [4.78, 5) is 13.2. The van der Waals surface area contributed by atoms with Crippen LogP contribution in [-0.2, 0) is 4.79 Å². The Labute approximate surface area is 103 Å². The smallest absolute Gasteiger partial charge is 0.311 e. The lowest BCUT2D eigenvalue weighted by Gasteiger charge is -2.30. The second kappa shape index (κ2) is 5.21. The van der Waals surface area contributed by atoms with Gasteiger partial charge < -0.3 is 10.0 Å². The molecular weight excluding hydrogens is 214 g/mol. The van der Waals surface area contributed by atoms with Crippen molar-refractivity contribution >= 4 is 11.7 Å². The van der Waals surface area contributed by atoms with Crippen molar-refractivity contribution in [3.63, 3.8) is 0 Å². The fourth-order valence-electron chi connectivity index (χ4n) is 1.74. The minimum Gasteiger partial charge on any atom is -0.481 e. The number of nitrogens with zero attached hydrogens (tertiary/aromatic N) is 1. The van der Waals surface area contributed by atoms with Crippen LogP contribution in [0.1, 0.15) is 25.8 Å². The highest BCUT2D eigenvalue weighted by atomic mass is 16.4. The molecule has 1 aromatic rings. The highest BCUT2D eigenvalue weighted by Gasteiger charge is 2.32. The number of rotatable bonds is 5. The van der Waals surface area contributed by atoms with Crippen molar-refractivity contribution < 1.29 is 9.90 Å². The maximum atomic E-state index is 11.2. The number of hydrogen-bond donors (Lipinski definition) is 1. The average molecular weight is 235 g/mol. The Bertz CT molecular complexity index is 386. The lowest BCUT2D eigenvalue weighted by molar-refractivity contribution is -0.147. The minimum atomic E-state index is -0.737. The van der Waals surface area contributed by atoms with E-state index < -0.39 is 11.4 Å². The minimum absolute atomic E-state index is 0.516. The summed E-state index contributed by atoms with van der Waals surface area (Å²) in [7, 11) is 1.93. The predicted octanol–water partition coefficient (Wildman–Crippen LogP) is 2.93. The fourth-order valence-corrected chi connectivity index (χ4v) is 1.74. The average Bonchev–Trinajstić information content (AvgIpc) is 2.29. The topological polar surface area (TPSA) is 40.5 Å². The first-order chi connectivity index (χ1) is 7.89. The summed E-state index contributed by atoms with van der Waals surface area (Å²) in [6, 6.07) is 8.12. The van der Waals surface area contributed by atoms with E-state index in [0.717, 1.165) is 5.69 Å². The summed E-state index contributed by atoms with van der Waals surface area (Å²) in [5, 5.41) is 9.25. The van der Waals surface area contributed by atoms with Crippen LogP contribution in [0.4, 0.5) is 5.69 Å². The van der Waals surface area contributed by atoms with Crippen LogP contribution in [0, 0.1) is 12.3 Å². The van der Waals surface area contributed by atoms with Crippen LogP contribution >= 0.6 is 0 Å². The van der Waals surface area contributed by atoms with E-state index in [9.17, 15) is 9.90 Å².